The maximum atomic E-state index is 10.9. The molecular weight excluding hydrogens is 184 g/mol. The van der Waals surface area contributed by atoms with Crippen molar-refractivity contribution in [2.24, 2.45) is 23.7 Å². The topological polar surface area (TPSA) is 74.6 Å². The lowest BCUT2D eigenvalue weighted by molar-refractivity contribution is -0.157. The van der Waals surface area contributed by atoms with Gasteiger partial charge in [-0.3, -0.25) is 9.59 Å². The molecule has 0 radical (unpaired) electrons. The van der Waals surface area contributed by atoms with Crippen LogP contribution in [0.15, 0.2) is 12.2 Å². The molecule has 0 aromatic carbocycles. The Balaban J connectivity index is 3.02. The molecule has 0 spiro atoms. The minimum absolute atomic E-state index is 0.218. The fraction of sp³-hybridized carbons (Fsp3) is 0.600. The lowest BCUT2D eigenvalue weighted by Crippen LogP contribution is -2.39. The normalized spacial score (nSPS) is 36.7. The highest BCUT2D eigenvalue weighted by Gasteiger charge is 2.41. The first-order valence-electron chi connectivity index (χ1n) is 4.59. The van der Waals surface area contributed by atoms with Gasteiger partial charge >= 0.3 is 11.9 Å². The molecule has 1 rings (SSSR count). The van der Waals surface area contributed by atoms with Gasteiger partial charge in [0.2, 0.25) is 0 Å². The second-order valence-corrected chi connectivity index (χ2v) is 3.83. The van der Waals surface area contributed by atoms with Crippen LogP contribution in [0, 0.1) is 23.7 Å². The molecule has 0 unspecified atom stereocenters. The summed E-state index contributed by atoms with van der Waals surface area (Å²) in [7, 11) is 0. The maximum absolute atomic E-state index is 10.9. The van der Waals surface area contributed by atoms with E-state index in [-0.39, 0.29) is 11.8 Å². The summed E-state index contributed by atoms with van der Waals surface area (Å²) < 4.78 is 0. The molecule has 0 amide bonds. The van der Waals surface area contributed by atoms with Crippen LogP contribution < -0.4 is 0 Å². The third kappa shape index (κ3) is 1.78. The van der Waals surface area contributed by atoms with Crippen LogP contribution in [0.4, 0.5) is 0 Å². The molecule has 4 heteroatoms. The summed E-state index contributed by atoms with van der Waals surface area (Å²) >= 11 is 0. The van der Waals surface area contributed by atoms with E-state index in [0.717, 1.165) is 0 Å². The highest BCUT2D eigenvalue weighted by atomic mass is 16.4. The summed E-state index contributed by atoms with van der Waals surface area (Å²) in [5, 5.41) is 17.9. The number of carbonyl (C=O) groups is 2. The van der Waals surface area contributed by atoms with Crippen LogP contribution in [0.5, 0.6) is 0 Å². The monoisotopic (exact) mass is 198 g/mol. The van der Waals surface area contributed by atoms with Crippen LogP contribution in [-0.4, -0.2) is 22.2 Å². The summed E-state index contributed by atoms with van der Waals surface area (Å²) in [5.41, 5.74) is 0. The SMILES string of the molecule is C[C@@H]1C=C[C@H](C)[C@@H](C(=O)O)[C@H]1C(=O)O. The van der Waals surface area contributed by atoms with Gasteiger partial charge in [-0.2, -0.15) is 0 Å². The number of aliphatic carboxylic acids is 2. The number of carboxylic acid groups (broad SMARTS) is 2. The summed E-state index contributed by atoms with van der Waals surface area (Å²) in [6.07, 6.45) is 3.56. The number of carboxylic acids is 2. The third-order valence-electron chi connectivity index (χ3n) is 2.81. The molecule has 78 valence electrons. The van der Waals surface area contributed by atoms with E-state index >= 15 is 0 Å². The Morgan fingerprint density at radius 3 is 1.43 bits per heavy atom. The predicted molar refractivity (Wildman–Crippen MR) is 49.7 cm³/mol. The Morgan fingerprint density at radius 1 is 0.929 bits per heavy atom. The third-order valence-corrected chi connectivity index (χ3v) is 2.81. The van der Waals surface area contributed by atoms with Crippen molar-refractivity contribution in [3.8, 4) is 0 Å². The van der Waals surface area contributed by atoms with E-state index in [4.69, 9.17) is 10.2 Å². The van der Waals surface area contributed by atoms with Gasteiger partial charge in [0.25, 0.3) is 0 Å². The van der Waals surface area contributed by atoms with Gasteiger partial charge < -0.3 is 10.2 Å². The van der Waals surface area contributed by atoms with Gasteiger partial charge in [-0.1, -0.05) is 26.0 Å². The van der Waals surface area contributed by atoms with Crippen molar-refractivity contribution in [1.82, 2.24) is 0 Å². The average Bonchev–Trinajstić information content (AvgIpc) is 2.07. The summed E-state index contributed by atoms with van der Waals surface area (Å²) in [6.45, 7) is 3.47. The van der Waals surface area contributed by atoms with Crippen LogP contribution in [-0.2, 0) is 9.59 Å². The number of allylic oxidation sites excluding steroid dienone is 2. The van der Waals surface area contributed by atoms with E-state index in [1.165, 1.54) is 0 Å². The summed E-state index contributed by atoms with van der Waals surface area (Å²) in [4.78, 5) is 21.9. The van der Waals surface area contributed by atoms with E-state index < -0.39 is 23.8 Å². The number of hydrogen-bond donors (Lipinski definition) is 2. The second kappa shape index (κ2) is 3.82. The van der Waals surface area contributed by atoms with Gasteiger partial charge in [0.1, 0.15) is 0 Å². The molecule has 0 saturated carbocycles. The zero-order valence-corrected chi connectivity index (χ0v) is 8.18. The maximum Gasteiger partial charge on any atom is 0.307 e. The fourth-order valence-electron chi connectivity index (χ4n) is 2.00. The van der Waals surface area contributed by atoms with Gasteiger partial charge in [-0.25, -0.2) is 0 Å². The zero-order chi connectivity index (χ0) is 10.9. The van der Waals surface area contributed by atoms with Crippen molar-refractivity contribution in [3.05, 3.63) is 12.2 Å². The van der Waals surface area contributed by atoms with Crippen LogP contribution in [0.2, 0.25) is 0 Å². The van der Waals surface area contributed by atoms with E-state index in [9.17, 15) is 9.59 Å². The molecule has 0 fully saturated rings. The quantitative estimate of drug-likeness (QED) is 0.654. The van der Waals surface area contributed by atoms with Crippen molar-refractivity contribution in [3.63, 3.8) is 0 Å². The minimum Gasteiger partial charge on any atom is -0.481 e. The van der Waals surface area contributed by atoms with E-state index in [2.05, 4.69) is 0 Å². The lowest BCUT2D eigenvalue weighted by atomic mass is 9.72. The van der Waals surface area contributed by atoms with Crippen LogP contribution >= 0.6 is 0 Å². The molecule has 0 heterocycles. The Labute approximate surface area is 82.2 Å². The molecule has 4 nitrogen and oxygen atoms in total. The lowest BCUT2D eigenvalue weighted by Gasteiger charge is -2.31. The molecule has 0 aromatic heterocycles. The van der Waals surface area contributed by atoms with Gasteiger partial charge in [0.15, 0.2) is 0 Å². The number of rotatable bonds is 2. The molecule has 2 N–H and O–H groups in total. The largest absolute Gasteiger partial charge is 0.481 e. The fourth-order valence-corrected chi connectivity index (χ4v) is 2.00. The molecule has 0 bridgehead atoms. The Morgan fingerprint density at radius 2 is 1.21 bits per heavy atom. The van der Waals surface area contributed by atoms with E-state index in [1.54, 1.807) is 26.0 Å². The molecule has 0 aromatic rings. The van der Waals surface area contributed by atoms with Gasteiger partial charge in [0.05, 0.1) is 11.8 Å². The van der Waals surface area contributed by atoms with Crippen molar-refractivity contribution in [1.29, 1.82) is 0 Å². The van der Waals surface area contributed by atoms with Crippen LogP contribution in [0.3, 0.4) is 0 Å². The first kappa shape index (κ1) is 10.8. The van der Waals surface area contributed by atoms with Crippen LogP contribution in [0.1, 0.15) is 13.8 Å². The van der Waals surface area contributed by atoms with Crippen molar-refractivity contribution >= 4 is 11.9 Å². The average molecular weight is 198 g/mol. The molecule has 0 aliphatic heterocycles. The Hall–Kier alpha value is -1.32. The Kier molecular flexibility index (Phi) is 2.93. The standard InChI is InChI=1S/C10H14O4/c1-5-3-4-6(2)8(10(13)14)7(5)9(11)12/h3-8H,1-2H3,(H,11,12)(H,13,14)/t5-,6+,7+,8-. The van der Waals surface area contributed by atoms with Crippen molar-refractivity contribution < 1.29 is 19.8 Å². The first-order chi connectivity index (χ1) is 6.45. The molecule has 1 aliphatic rings. The number of hydrogen-bond acceptors (Lipinski definition) is 2. The van der Waals surface area contributed by atoms with E-state index in [0.29, 0.717) is 0 Å². The van der Waals surface area contributed by atoms with Crippen LogP contribution in [0.25, 0.3) is 0 Å². The predicted octanol–water partition coefficient (Wildman–Crippen LogP) is 1.23. The second-order valence-electron chi connectivity index (χ2n) is 3.83. The van der Waals surface area contributed by atoms with Gasteiger partial charge in [0, 0.05) is 0 Å². The van der Waals surface area contributed by atoms with Crippen molar-refractivity contribution in [2.45, 2.75) is 13.8 Å². The molecule has 4 atom stereocenters. The molecule has 14 heavy (non-hydrogen) atoms. The van der Waals surface area contributed by atoms with Gasteiger partial charge in [-0.05, 0) is 11.8 Å². The summed E-state index contributed by atoms with van der Waals surface area (Å²) in [6, 6.07) is 0. The zero-order valence-electron chi connectivity index (χ0n) is 8.18. The molecule has 1 aliphatic carbocycles. The highest BCUT2D eigenvalue weighted by Crippen LogP contribution is 2.34. The summed E-state index contributed by atoms with van der Waals surface area (Å²) in [5.74, 6) is -4.11. The Bertz CT molecular complexity index is 254. The highest BCUT2D eigenvalue weighted by molar-refractivity contribution is 5.81. The van der Waals surface area contributed by atoms with Crippen molar-refractivity contribution in [2.75, 3.05) is 0 Å². The molecule has 0 saturated heterocycles. The van der Waals surface area contributed by atoms with Gasteiger partial charge in [-0.15, -0.1) is 0 Å². The minimum atomic E-state index is -1.03. The molecular formula is C10H14O4. The first-order valence-corrected chi connectivity index (χ1v) is 4.59. The smallest absolute Gasteiger partial charge is 0.307 e. The van der Waals surface area contributed by atoms with E-state index in [1.807, 2.05) is 0 Å².